The Morgan fingerprint density at radius 3 is 2.94 bits per heavy atom. The highest BCUT2D eigenvalue weighted by Crippen LogP contribution is 2.36. The van der Waals surface area contributed by atoms with E-state index in [2.05, 4.69) is 9.97 Å². The van der Waals surface area contributed by atoms with Gasteiger partial charge in [-0.2, -0.15) is 0 Å². The fourth-order valence-corrected chi connectivity index (χ4v) is 2.79. The molecule has 0 saturated heterocycles. The average Bonchev–Trinajstić information content (AvgIpc) is 2.84. The fraction of sp³-hybridized carbons (Fsp3) is 0.0909. The molecule has 3 rings (SSSR count). The minimum Gasteiger partial charge on any atom is -0.461 e. The molecule has 80 valence electrons. The van der Waals surface area contributed by atoms with Gasteiger partial charge in [-0.05, 0) is 19.1 Å². The lowest BCUT2D eigenvalue weighted by Gasteiger charge is -1.96. The first kappa shape index (κ1) is 9.81. The summed E-state index contributed by atoms with van der Waals surface area (Å²) in [5.41, 5.74) is 0.957. The summed E-state index contributed by atoms with van der Waals surface area (Å²) >= 11 is 7.61. The molecule has 0 radical (unpaired) electrons. The van der Waals surface area contributed by atoms with Gasteiger partial charge >= 0.3 is 0 Å². The van der Waals surface area contributed by atoms with Crippen LogP contribution >= 0.6 is 22.9 Å². The molecule has 0 unspecified atom stereocenters. The molecular weight excluding hydrogens is 244 g/mol. The summed E-state index contributed by atoms with van der Waals surface area (Å²) in [6.07, 6.45) is 1.47. The maximum atomic E-state index is 6.07. The molecule has 0 aliphatic rings. The number of hydrogen-bond donors (Lipinski definition) is 0. The van der Waals surface area contributed by atoms with Gasteiger partial charge in [0.2, 0.25) is 0 Å². The predicted molar refractivity (Wildman–Crippen MR) is 64.9 cm³/mol. The van der Waals surface area contributed by atoms with E-state index in [-0.39, 0.29) is 0 Å². The molecular formula is C11H7ClN2OS. The standard InChI is InChI=1S/C11H7ClN2OS/c1-6-2-3-8(15-6)7-4-16-11-9(7)10(12)13-5-14-11/h2-5H,1H3. The molecule has 5 heteroatoms. The van der Waals surface area contributed by atoms with Crippen LogP contribution in [0.3, 0.4) is 0 Å². The number of halogens is 1. The van der Waals surface area contributed by atoms with Gasteiger partial charge in [0.05, 0.1) is 5.39 Å². The number of aryl methyl sites for hydroxylation is 1. The van der Waals surface area contributed by atoms with E-state index >= 15 is 0 Å². The van der Waals surface area contributed by atoms with Gasteiger partial charge in [0, 0.05) is 10.9 Å². The van der Waals surface area contributed by atoms with E-state index in [0.717, 1.165) is 27.3 Å². The first-order valence-corrected chi connectivity index (χ1v) is 5.96. The van der Waals surface area contributed by atoms with Gasteiger partial charge in [0.1, 0.15) is 27.8 Å². The van der Waals surface area contributed by atoms with Crippen LogP contribution in [0.4, 0.5) is 0 Å². The lowest BCUT2D eigenvalue weighted by Crippen LogP contribution is -1.80. The summed E-state index contributed by atoms with van der Waals surface area (Å²) in [7, 11) is 0. The third kappa shape index (κ3) is 1.42. The highest BCUT2D eigenvalue weighted by Gasteiger charge is 2.13. The van der Waals surface area contributed by atoms with Crippen LogP contribution in [-0.4, -0.2) is 9.97 Å². The summed E-state index contributed by atoms with van der Waals surface area (Å²) in [4.78, 5) is 9.05. The molecule has 0 saturated carbocycles. The molecule has 3 heterocycles. The molecule has 16 heavy (non-hydrogen) atoms. The van der Waals surface area contributed by atoms with Crippen molar-refractivity contribution >= 4 is 33.2 Å². The summed E-state index contributed by atoms with van der Waals surface area (Å²) in [6, 6.07) is 3.86. The Bertz CT molecular complexity index is 659. The smallest absolute Gasteiger partial charge is 0.141 e. The van der Waals surface area contributed by atoms with Crippen molar-refractivity contribution in [2.75, 3.05) is 0 Å². The number of fused-ring (bicyclic) bond motifs is 1. The Labute approximate surface area is 101 Å². The van der Waals surface area contributed by atoms with Crippen LogP contribution in [0.5, 0.6) is 0 Å². The third-order valence-electron chi connectivity index (χ3n) is 2.33. The number of hydrogen-bond acceptors (Lipinski definition) is 4. The van der Waals surface area contributed by atoms with Gasteiger partial charge in [0.25, 0.3) is 0 Å². The van der Waals surface area contributed by atoms with Crippen molar-refractivity contribution in [2.24, 2.45) is 0 Å². The van der Waals surface area contributed by atoms with E-state index in [0.29, 0.717) is 5.15 Å². The van der Waals surface area contributed by atoms with E-state index in [9.17, 15) is 0 Å². The number of nitrogens with zero attached hydrogens (tertiary/aromatic N) is 2. The third-order valence-corrected chi connectivity index (χ3v) is 3.50. The first-order valence-electron chi connectivity index (χ1n) is 4.70. The Morgan fingerprint density at radius 1 is 1.31 bits per heavy atom. The van der Waals surface area contributed by atoms with Crippen LogP contribution in [-0.2, 0) is 0 Å². The van der Waals surface area contributed by atoms with Crippen LogP contribution in [0, 0.1) is 6.92 Å². The molecule has 0 aliphatic heterocycles. The largest absolute Gasteiger partial charge is 0.461 e. The van der Waals surface area contributed by atoms with Gasteiger partial charge in [-0.25, -0.2) is 9.97 Å². The molecule has 3 aromatic rings. The van der Waals surface area contributed by atoms with Gasteiger partial charge in [-0.15, -0.1) is 11.3 Å². The maximum absolute atomic E-state index is 6.07. The number of aromatic nitrogens is 2. The van der Waals surface area contributed by atoms with E-state index in [1.54, 1.807) is 0 Å². The van der Waals surface area contributed by atoms with Gasteiger partial charge in [0.15, 0.2) is 0 Å². The van der Waals surface area contributed by atoms with Crippen molar-refractivity contribution in [3.05, 3.63) is 34.8 Å². The van der Waals surface area contributed by atoms with Crippen LogP contribution in [0.1, 0.15) is 5.76 Å². The summed E-state index contributed by atoms with van der Waals surface area (Å²) in [5.74, 6) is 1.68. The van der Waals surface area contributed by atoms with Crippen LogP contribution in [0.25, 0.3) is 21.5 Å². The highest BCUT2D eigenvalue weighted by molar-refractivity contribution is 7.17. The normalized spacial score (nSPS) is 11.1. The van der Waals surface area contributed by atoms with E-state index < -0.39 is 0 Å². The lowest BCUT2D eigenvalue weighted by molar-refractivity contribution is 0.549. The molecule has 0 aliphatic carbocycles. The molecule has 0 spiro atoms. The molecule has 0 amide bonds. The Balaban J connectivity index is 2.32. The Kier molecular flexibility index (Phi) is 2.19. The zero-order valence-corrected chi connectivity index (χ0v) is 9.97. The van der Waals surface area contributed by atoms with Crippen molar-refractivity contribution < 1.29 is 4.42 Å². The highest BCUT2D eigenvalue weighted by atomic mass is 35.5. The van der Waals surface area contributed by atoms with Crippen molar-refractivity contribution in [1.29, 1.82) is 0 Å². The second-order valence-electron chi connectivity index (χ2n) is 3.40. The predicted octanol–water partition coefficient (Wildman–Crippen LogP) is 3.91. The first-order chi connectivity index (χ1) is 7.75. The average molecular weight is 251 g/mol. The second-order valence-corrected chi connectivity index (χ2v) is 4.62. The van der Waals surface area contributed by atoms with Crippen LogP contribution in [0.2, 0.25) is 5.15 Å². The van der Waals surface area contributed by atoms with Crippen LogP contribution < -0.4 is 0 Å². The lowest BCUT2D eigenvalue weighted by atomic mass is 10.2. The minimum atomic E-state index is 0.468. The number of furan rings is 1. The molecule has 0 fully saturated rings. The summed E-state index contributed by atoms with van der Waals surface area (Å²) in [5, 5.41) is 3.32. The quantitative estimate of drug-likeness (QED) is 0.615. The van der Waals surface area contributed by atoms with E-state index in [1.807, 2.05) is 24.4 Å². The summed E-state index contributed by atoms with van der Waals surface area (Å²) < 4.78 is 5.58. The number of thiophene rings is 1. The monoisotopic (exact) mass is 250 g/mol. The summed E-state index contributed by atoms with van der Waals surface area (Å²) in [6.45, 7) is 1.91. The van der Waals surface area contributed by atoms with Gasteiger partial charge < -0.3 is 4.42 Å². The van der Waals surface area contributed by atoms with E-state index in [4.69, 9.17) is 16.0 Å². The maximum Gasteiger partial charge on any atom is 0.141 e. The molecule has 3 nitrogen and oxygen atoms in total. The molecule has 3 aromatic heterocycles. The number of rotatable bonds is 1. The van der Waals surface area contributed by atoms with Crippen molar-refractivity contribution in [3.8, 4) is 11.3 Å². The Hall–Kier alpha value is -1.39. The zero-order valence-electron chi connectivity index (χ0n) is 8.40. The van der Waals surface area contributed by atoms with E-state index in [1.165, 1.54) is 17.7 Å². The molecule has 0 bridgehead atoms. The van der Waals surface area contributed by atoms with Gasteiger partial charge in [-0.1, -0.05) is 11.6 Å². The van der Waals surface area contributed by atoms with Crippen molar-refractivity contribution in [3.63, 3.8) is 0 Å². The topological polar surface area (TPSA) is 38.9 Å². The molecule has 0 N–H and O–H groups in total. The van der Waals surface area contributed by atoms with Crippen molar-refractivity contribution in [1.82, 2.24) is 9.97 Å². The second kappa shape index (κ2) is 3.57. The van der Waals surface area contributed by atoms with Gasteiger partial charge in [-0.3, -0.25) is 0 Å². The molecule has 0 aromatic carbocycles. The molecule has 0 atom stereocenters. The Morgan fingerprint density at radius 2 is 2.19 bits per heavy atom. The SMILES string of the molecule is Cc1ccc(-c2csc3ncnc(Cl)c23)o1. The zero-order chi connectivity index (χ0) is 11.1. The van der Waals surface area contributed by atoms with Crippen LogP contribution in [0.15, 0.2) is 28.3 Å². The fourth-order valence-electron chi connectivity index (χ4n) is 1.60. The minimum absolute atomic E-state index is 0.468. The van der Waals surface area contributed by atoms with Crippen molar-refractivity contribution in [2.45, 2.75) is 6.92 Å².